The van der Waals surface area contributed by atoms with Crippen molar-refractivity contribution < 1.29 is 13.6 Å². The smallest absolute Gasteiger partial charge is 0.258 e. The second-order valence-corrected chi connectivity index (χ2v) is 6.84. The molecule has 0 bridgehead atoms. The summed E-state index contributed by atoms with van der Waals surface area (Å²) in [5, 5.41) is 2.98. The molecule has 1 amide bonds. The number of anilines is 1. The molecule has 3 rings (SSSR count). The van der Waals surface area contributed by atoms with E-state index in [0.29, 0.717) is 10.6 Å². The lowest BCUT2D eigenvalue weighted by molar-refractivity contribution is 0.102. The van der Waals surface area contributed by atoms with E-state index in [9.17, 15) is 13.6 Å². The van der Waals surface area contributed by atoms with E-state index in [2.05, 4.69) is 16.4 Å². The molecule has 0 fully saturated rings. The predicted molar refractivity (Wildman–Crippen MR) is 98.6 cm³/mol. The van der Waals surface area contributed by atoms with Gasteiger partial charge in [-0.3, -0.25) is 4.79 Å². The summed E-state index contributed by atoms with van der Waals surface area (Å²) >= 11 is 1.37. The first-order valence-corrected chi connectivity index (χ1v) is 8.72. The Morgan fingerprint density at radius 3 is 2.62 bits per heavy atom. The fraction of sp³-hybridized carbons (Fsp3) is 0.100. The van der Waals surface area contributed by atoms with Gasteiger partial charge in [-0.1, -0.05) is 29.5 Å². The maximum atomic E-state index is 13.8. The number of halogens is 2. The van der Waals surface area contributed by atoms with E-state index in [1.54, 1.807) is 18.3 Å². The van der Waals surface area contributed by atoms with Gasteiger partial charge in [-0.05, 0) is 49.7 Å². The molecule has 0 unspecified atom stereocenters. The van der Waals surface area contributed by atoms with Crippen LogP contribution in [0.5, 0.6) is 0 Å². The van der Waals surface area contributed by atoms with E-state index in [0.717, 1.165) is 28.2 Å². The average molecular weight is 370 g/mol. The van der Waals surface area contributed by atoms with Crippen molar-refractivity contribution in [1.82, 2.24) is 4.98 Å². The lowest BCUT2D eigenvalue weighted by Crippen LogP contribution is -2.14. The Bertz CT molecular complexity index is 976. The first kappa shape index (κ1) is 18.1. The minimum absolute atomic E-state index is 0.0808. The summed E-state index contributed by atoms with van der Waals surface area (Å²) in [6.07, 6.45) is 1.60. The highest BCUT2D eigenvalue weighted by atomic mass is 32.2. The molecule has 6 heteroatoms. The summed E-state index contributed by atoms with van der Waals surface area (Å²) in [5.41, 5.74) is 2.47. The fourth-order valence-corrected chi connectivity index (χ4v) is 3.39. The maximum Gasteiger partial charge on any atom is 0.258 e. The van der Waals surface area contributed by atoms with Crippen molar-refractivity contribution in [2.75, 3.05) is 5.32 Å². The first-order chi connectivity index (χ1) is 12.4. The van der Waals surface area contributed by atoms with Crippen molar-refractivity contribution in [1.29, 1.82) is 0 Å². The van der Waals surface area contributed by atoms with Crippen LogP contribution >= 0.6 is 11.8 Å². The third-order valence-electron chi connectivity index (χ3n) is 3.73. The lowest BCUT2D eigenvalue weighted by atomic mass is 10.2. The molecule has 1 N–H and O–H groups in total. The zero-order valence-electron chi connectivity index (χ0n) is 14.2. The minimum atomic E-state index is -0.828. The van der Waals surface area contributed by atoms with E-state index >= 15 is 0 Å². The van der Waals surface area contributed by atoms with Gasteiger partial charge in [0.25, 0.3) is 5.91 Å². The van der Waals surface area contributed by atoms with Gasteiger partial charge in [0.05, 0.1) is 11.3 Å². The van der Waals surface area contributed by atoms with Gasteiger partial charge in [0.15, 0.2) is 0 Å². The summed E-state index contributed by atoms with van der Waals surface area (Å²) in [5.74, 6) is -2.03. The van der Waals surface area contributed by atoms with Crippen LogP contribution in [0.15, 0.2) is 64.6 Å². The zero-order valence-corrected chi connectivity index (χ0v) is 15.0. The summed E-state index contributed by atoms with van der Waals surface area (Å²) in [6, 6.07) is 12.3. The van der Waals surface area contributed by atoms with Crippen LogP contribution in [0.25, 0.3) is 0 Å². The van der Waals surface area contributed by atoms with E-state index in [-0.39, 0.29) is 5.69 Å². The van der Waals surface area contributed by atoms with E-state index in [1.807, 2.05) is 26.0 Å². The third-order valence-corrected chi connectivity index (χ3v) is 4.93. The number of amides is 1. The molecule has 0 spiro atoms. The number of hydrogen-bond acceptors (Lipinski definition) is 3. The lowest BCUT2D eigenvalue weighted by Gasteiger charge is -2.11. The Morgan fingerprint density at radius 1 is 1.08 bits per heavy atom. The molecular formula is C20H16F2N2OS. The molecule has 0 atom stereocenters. The fourth-order valence-electron chi connectivity index (χ4n) is 2.44. The molecule has 3 aromatic rings. The largest absolute Gasteiger partial charge is 0.319 e. The van der Waals surface area contributed by atoms with Crippen LogP contribution in [0.4, 0.5) is 14.5 Å². The van der Waals surface area contributed by atoms with Gasteiger partial charge in [0.1, 0.15) is 16.7 Å². The molecule has 0 aliphatic rings. The Labute approximate surface area is 154 Å². The van der Waals surface area contributed by atoms with E-state index in [1.165, 1.54) is 17.8 Å². The number of rotatable bonds is 4. The van der Waals surface area contributed by atoms with Gasteiger partial charge < -0.3 is 5.32 Å². The summed E-state index contributed by atoms with van der Waals surface area (Å²) in [6.45, 7) is 4.00. The SMILES string of the molecule is Cc1ccc(Sc2ncccc2C(=O)Nc2ccc(F)cc2F)c(C)c1. The molecule has 0 radical (unpaired) electrons. The van der Waals surface area contributed by atoms with Crippen LogP contribution in [-0.4, -0.2) is 10.9 Å². The van der Waals surface area contributed by atoms with Crippen molar-refractivity contribution in [3.8, 4) is 0 Å². The summed E-state index contributed by atoms with van der Waals surface area (Å²) < 4.78 is 26.8. The van der Waals surface area contributed by atoms with Crippen molar-refractivity contribution in [3.05, 3.63) is 83.1 Å². The molecule has 1 heterocycles. The number of hydrogen-bond donors (Lipinski definition) is 1. The summed E-state index contributed by atoms with van der Waals surface area (Å²) in [7, 11) is 0. The maximum absolute atomic E-state index is 13.8. The molecule has 0 saturated heterocycles. The van der Waals surface area contributed by atoms with E-state index < -0.39 is 17.5 Å². The van der Waals surface area contributed by atoms with Crippen LogP contribution in [-0.2, 0) is 0 Å². The normalized spacial score (nSPS) is 10.6. The molecule has 0 aliphatic heterocycles. The molecule has 1 aromatic heterocycles. The highest BCUT2D eigenvalue weighted by molar-refractivity contribution is 7.99. The van der Waals surface area contributed by atoms with Gasteiger partial charge in [-0.25, -0.2) is 13.8 Å². The second-order valence-electron chi connectivity index (χ2n) is 5.81. The first-order valence-electron chi connectivity index (χ1n) is 7.90. The van der Waals surface area contributed by atoms with Crippen molar-refractivity contribution >= 4 is 23.4 Å². The van der Waals surface area contributed by atoms with Crippen molar-refractivity contribution in [2.24, 2.45) is 0 Å². The number of pyridine rings is 1. The van der Waals surface area contributed by atoms with Crippen molar-refractivity contribution in [3.63, 3.8) is 0 Å². The number of carbonyl (C=O) groups is 1. The highest BCUT2D eigenvalue weighted by Crippen LogP contribution is 2.32. The van der Waals surface area contributed by atoms with Gasteiger partial charge in [0.2, 0.25) is 0 Å². The van der Waals surface area contributed by atoms with Crippen LogP contribution in [0.3, 0.4) is 0 Å². The number of carbonyl (C=O) groups excluding carboxylic acids is 1. The number of nitrogens with zero attached hydrogens (tertiary/aromatic N) is 1. The standard InChI is InChI=1S/C20H16F2N2OS/c1-12-5-8-18(13(2)10-12)26-20-15(4-3-9-23-20)19(25)24-17-7-6-14(21)11-16(17)22/h3-11H,1-2H3,(H,24,25). The summed E-state index contributed by atoms with van der Waals surface area (Å²) in [4.78, 5) is 17.8. The molecular weight excluding hydrogens is 354 g/mol. The Kier molecular flexibility index (Phi) is 5.32. The second kappa shape index (κ2) is 7.66. The average Bonchev–Trinajstić information content (AvgIpc) is 2.60. The van der Waals surface area contributed by atoms with Crippen LogP contribution < -0.4 is 5.32 Å². The van der Waals surface area contributed by atoms with Gasteiger partial charge in [0, 0.05) is 17.2 Å². The van der Waals surface area contributed by atoms with Crippen LogP contribution in [0.1, 0.15) is 21.5 Å². The number of benzene rings is 2. The molecule has 0 saturated carbocycles. The third kappa shape index (κ3) is 4.08. The Hall–Kier alpha value is -2.73. The van der Waals surface area contributed by atoms with Gasteiger partial charge >= 0.3 is 0 Å². The number of aromatic nitrogens is 1. The molecule has 2 aromatic carbocycles. The predicted octanol–water partition coefficient (Wildman–Crippen LogP) is 5.38. The Morgan fingerprint density at radius 2 is 1.88 bits per heavy atom. The van der Waals surface area contributed by atoms with Crippen LogP contribution in [0, 0.1) is 25.5 Å². The monoisotopic (exact) mass is 370 g/mol. The van der Waals surface area contributed by atoms with Crippen LogP contribution in [0.2, 0.25) is 0 Å². The number of nitrogens with one attached hydrogen (secondary N) is 1. The zero-order chi connectivity index (χ0) is 18.7. The molecule has 0 aliphatic carbocycles. The topological polar surface area (TPSA) is 42.0 Å². The van der Waals surface area contributed by atoms with Gasteiger partial charge in [-0.2, -0.15) is 0 Å². The molecule has 26 heavy (non-hydrogen) atoms. The minimum Gasteiger partial charge on any atom is -0.319 e. The van der Waals surface area contributed by atoms with E-state index in [4.69, 9.17) is 0 Å². The Balaban J connectivity index is 1.87. The quantitative estimate of drug-likeness (QED) is 0.670. The highest BCUT2D eigenvalue weighted by Gasteiger charge is 2.16. The van der Waals surface area contributed by atoms with Gasteiger partial charge in [-0.15, -0.1) is 0 Å². The molecule has 3 nitrogen and oxygen atoms in total. The molecule has 132 valence electrons. The number of aryl methyl sites for hydroxylation is 2. The van der Waals surface area contributed by atoms with Crippen molar-refractivity contribution in [2.45, 2.75) is 23.8 Å².